The number of urea groups is 1. The molecule has 0 aliphatic carbocycles. The van der Waals surface area contributed by atoms with Crippen LogP contribution in [0.25, 0.3) is 0 Å². The van der Waals surface area contributed by atoms with E-state index in [0.29, 0.717) is 12.2 Å². The van der Waals surface area contributed by atoms with Gasteiger partial charge in [-0.25, -0.2) is 9.18 Å². The van der Waals surface area contributed by atoms with E-state index in [1.807, 2.05) is 29.2 Å². The summed E-state index contributed by atoms with van der Waals surface area (Å²) < 4.78 is 15.3. The second-order valence-electron chi connectivity index (χ2n) is 6.46. The van der Waals surface area contributed by atoms with Crippen LogP contribution in [0.5, 0.6) is 0 Å². The second kappa shape index (κ2) is 7.04. The highest BCUT2D eigenvalue weighted by Gasteiger charge is 2.31. The molecule has 0 saturated carbocycles. The van der Waals surface area contributed by atoms with Crippen molar-refractivity contribution in [3.05, 3.63) is 90.0 Å². The minimum Gasteiger partial charge on any atom is -0.348 e. The molecule has 3 aromatic rings. The molecular weight excluding hydrogens is 329 g/mol. The molecule has 4 rings (SSSR count). The van der Waals surface area contributed by atoms with Gasteiger partial charge in [0.1, 0.15) is 5.82 Å². The highest BCUT2D eigenvalue weighted by molar-refractivity contribution is 5.89. The van der Waals surface area contributed by atoms with Crippen molar-refractivity contribution in [1.82, 2.24) is 9.47 Å². The number of halogens is 1. The summed E-state index contributed by atoms with van der Waals surface area (Å²) in [6.45, 7) is 1.40. The number of fused-ring (bicyclic) bond motifs is 1. The van der Waals surface area contributed by atoms with Gasteiger partial charge in [-0.1, -0.05) is 30.3 Å². The van der Waals surface area contributed by atoms with Crippen molar-refractivity contribution in [2.24, 2.45) is 0 Å². The van der Waals surface area contributed by atoms with Crippen molar-refractivity contribution in [1.29, 1.82) is 0 Å². The molecule has 1 aliphatic heterocycles. The smallest absolute Gasteiger partial charge is 0.322 e. The molecule has 1 atom stereocenters. The number of rotatable bonds is 3. The van der Waals surface area contributed by atoms with E-state index in [9.17, 15) is 9.18 Å². The summed E-state index contributed by atoms with van der Waals surface area (Å²) in [5.41, 5.74) is 2.91. The molecule has 2 amide bonds. The monoisotopic (exact) mass is 349 g/mol. The SMILES string of the molecule is O=C(Nc1ccc(F)cc1)N1CCn2cccc2[C@H]1Cc1ccccc1. The van der Waals surface area contributed by atoms with Crippen LogP contribution in [0, 0.1) is 5.82 Å². The average Bonchev–Trinajstić information content (AvgIpc) is 3.14. The van der Waals surface area contributed by atoms with Crippen LogP contribution in [0.1, 0.15) is 17.3 Å². The molecule has 0 spiro atoms. The summed E-state index contributed by atoms with van der Waals surface area (Å²) in [5.74, 6) is -0.319. The zero-order valence-corrected chi connectivity index (χ0v) is 14.3. The molecule has 0 fully saturated rings. The Hall–Kier alpha value is -3.08. The second-order valence-corrected chi connectivity index (χ2v) is 6.46. The molecule has 2 heterocycles. The fraction of sp³-hybridized carbons (Fsp3) is 0.190. The number of benzene rings is 2. The van der Waals surface area contributed by atoms with E-state index in [1.54, 1.807) is 12.1 Å². The fourth-order valence-corrected chi connectivity index (χ4v) is 3.49. The van der Waals surface area contributed by atoms with Crippen LogP contribution in [-0.4, -0.2) is 22.0 Å². The quantitative estimate of drug-likeness (QED) is 0.745. The maximum atomic E-state index is 13.1. The molecule has 132 valence electrons. The van der Waals surface area contributed by atoms with Gasteiger partial charge in [-0.15, -0.1) is 0 Å². The van der Waals surface area contributed by atoms with Crippen molar-refractivity contribution < 1.29 is 9.18 Å². The van der Waals surface area contributed by atoms with E-state index in [2.05, 4.69) is 34.3 Å². The van der Waals surface area contributed by atoms with Crippen LogP contribution in [0.3, 0.4) is 0 Å². The Labute approximate surface area is 151 Å². The molecule has 2 aromatic carbocycles. The molecular formula is C21H20FN3O. The lowest BCUT2D eigenvalue weighted by Crippen LogP contribution is -2.44. The number of amides is 2. The minimum atomic E-state index is -0.319. The third kappa shape index (κ3) is 3.33. The first kappa shape index (κ1) is 16.4. The Bertz CT molecular complexity index is 889. The largest absolute Gasteiger partial charge is 0.348 e. The lowest BCUT2D eigenvalue weighted by atomic mass is 10.0. The lowest BCUT2D eigenvalue weighted by Gasteiger charge is -2.37. The standard InChI is InChI=1S/C21H20FN3O/c22-17-8-10-18(11-9-17)23-21(26)25-14-13-24-12-4-7-19(24)20(25)15-16-5-2-1-3-6-16/h1-12,20H,13-15H2,(H,23,26)/t20-/m1/s1. The van der Waals surface area contributed by atoms with E-state index in [4.69, 9.17) is 0 Å². The maximum Gasteiger partial charge on any atom is 0.322 e. The van der Waals surface area contributed by atoms with Crippen molar-refractivity contribution >= 4 is 11.7 Å². The number of carbonyl (C=O) groups is 1. The van der Waals surface area contributed by atoms with Gasteiger partial charge in [0.2, 0.25) is 0 Å². The molecule has 1 N–H and O–H groups in total. The van der Waals surface area contributed by atoms with Crippen molar-refractivity contribution in [3.63, 3.8) is 0 Å². The van der Waals surface area contributed by atoms with Gasteiger partial charge in [-0.05, 0) is 48.4 Å². The number of nitrogens with one attached hydrogen (secondary N) is 1. The van der Waals surface area contributed by atoms with Crippen LogP contribution >= 0.6 is 0 Å². The number of nitrogens with zero attached hydrogens (tertiary/aromatic N) is 2. The first-order valence-electron chi connectivity index (χ1n) is 8.73. The highest BCUT2D eigenvalue weighted by atomic mass is 19.1. The van der Waals surface area contributed by atoms with E-state index in [0.717, 1.165) is 18.7 Å². The molecule has 1 aliphatic rings. The van der Waals surface area contributed by atoms with Crippen LogP contribution in [0.15, 0.2) is 72.9 Å². The van der Waals surface area contributed by atoms with Gasteiger partial charge in [0.25, 0.3) is 0 Å². The summed E-state index contributed by atoms with van der Waals surface area (Å²) in [7, 11) is 0. The molecule has 0 radical (unpaired) electrons. The molecule has 4 nitrogen and oxygen atoms in total. The van der Waals surface area contributed by atoms with Crippen LogP contribution in [0.4, 0.5) is 14.9 Å². The zero-order valence-electron chi connectivity index (χ0n) is 14.3. The van der Waals surface area contributed by atoms with Crippen molar-refractivity contribution in [2.45, 2.75) is 19.0 Å². The topological polar surface area (TPSA) is 37.3 Å². The summed E-state index contributed by atoms with van der Waals surface area (Å²) in [6.07, 6.45) is 2.81. The minimum absolute atomic E-state index is 0.0402. The number of anilines is 1. The van der Waals surface area contributed by atoms with Gasteiger partial charge < -0.3 is 14.8 Å². The van der Waals surface area contributed by atoms with E-state index in [-0.39, 0.29) is 17.9 Å². The van der Waals surface area contributed by atoms with Crippen molar-refractivity contribution in [2.75, 3.05) is 11.9 Å². The van der Waals surface area contributed by atoms with Gasteiger partial charge >= 0.3 is 6.03 Å². The Morgan fingerprint density at radius 1 is 1.00 bits per heavy atom. The Kier molecular flexibility index (Phi) is 4.44. The lowest BCUT2D eigenvalue weighted by molar-refractivity contribution is 0.167. The maximum absolute atomic E-state index is 13.1. The van der Waals surface area contributed by atoms with Gasteiger partial charge in [0.15, 0.2) is 0 Å². The van der Waals surface area contributed by atoms with Crippen LogP contribution < -0.4 is 5.32 Å². The summed E-state index contributed by atoms with van der Waals surface area (Å²) in [6, 6.07) is 19.9. The normalized spacial score (nSPS) is 16.2. The number of carbonyl (C=O) groups excluding carboxylic acids is 1. The van der Waals surface area contributed by atoms with Crippen molar-refractivity contribution in [3.8, 4) is 0 Å². The Morgan fingerprint density at radius 3 is 2.54 bits per heavy atom. The van der Waals surface area contributed by atoms with Gasteiger partial charge in [0.05, 0.1) is 6.04 Å². The zero-order chi connectivity index (χ0) is 17.9. The average molecular weight is 349 g/mol. The fourth-order valence-electron chi connectivity index (χ4n) is 3.49. The Balaban J connectivity index is 1.58. The molecule has 0 saturated heterocycles. The van der Waals surface area contributed by atoms with Gasteiger partial charge in [0, 0.05) is 30.7 Å². The van der Waals surface area contributed by atoms with E-state index >= 15 is 0 Å². The summed E-state index contributed by atoms with van der Waals surface area (Å²) in [4.78, 5) is 14.8. The van der Waals surface area contributed by atoms with E-state index in [1.165, 1.54) is 17.7 Å². The highest BCUT2D eigenvalue weighted by Crippen LogP contribution is 2.30. The number of hydrogen-bond donors (Lipinski definition) is 1. The predicted molar refractivity (Wildman–Crippen MR) is 99.4 cm³/mol. The first-order chi connectivity index (χ1) is 12.7. The predicted octanol–water partition coefficient (Wildman–Crippen LogP) is 4.46. The summed E-state index contributed by atoms with van der Waals surface area (Å²) in [5, 5.41) is 2.89. The molecule has 26 heavy (non-hydrogen) atoms. The molecule has 0 bridgehead atoms. The third-order valence-corrected chi connectivity index (χ3v) is 4.79. The van der Waals surface area contributed by atoms with Gasteiger partial charge in [-0.2, -0.15) is 0 Å². The molecule has 0 unspecified atom stereocenters. The van der Waals surface area contributed by atoms with E-state index < -0.39 is 0 Å². The number of hydrogen-bond acceptors (Lipinski definition) is 1. The van der Waals surface area contributed by atoms with Crippen LogP contribution in [0.2, 0.25) is 0 Å². The third-order valence-electron chi connectivity index (χ3n) is 4.79. The molecule has 1 aromatic heterocycles. The van der Waals surface area contributed by atoms with Gasteiger partial charge in [-0.3, -0.25) is 0 Å². The summed E-state index contributed by atoms with van der Waals surface area (Å²) >= 11 is 0. The Morgan fingerprint density at radius 2 is 1.77 bits per heavy atom. The first-order valence-corrected chi connectivity index (χ1v) is 8.73. The molecule has 5 heteroatoms. The van der Waals surface area contributed by atoms with Crippen LogP contribution in [-0.2, 0) is 13.0 Å². The number of aromatic nitrogens is 1.